The van der Waals surface area contributed by atoms with Gasteiger partial charge in [0.1, 0.15) is 5.75 Å². The quantitative estimate of drug-likeness (QED) is 0.712. The molecular formula is C11H12N2O. The number of nitrogens with zero attached hydrogens (tertiary/aromatic N) is 2. The van der Waals surface area contributed by atoms with Gasteiger partial charge >= 0.3 is 0 Å². The van der Waals surface area contributed by atoms with Crippen LogP contribution in [0.2, 0.25) is 0 Å². The first-order valence-electron chi connectivity index (χ1n) is 4.52. The molecular weight excluding hydrogens is 176 g/mol. The third-order valence-electron chi connectivity index (χ3n) is 2.03. The van der Waals surface area contributed by atoms with Gasteiger partial charge in [-0.15, -0.1) is 0 Å². The molecule has 2 rings (SSSR count). The van der Waals surface area contributed by atoms with Crippen molar-refractivity contribution in [3.63, 3.8) is 0 Å². The molecule has 0 fully saturated rings. The SMILES string of the molecule is COc1ccc(N2C=CCC=N2)cc1. The van der Waals surface area contributed by atoms with E-state index in [1.165, 1.54) is 0 Å². The van der Waals surface area contributed by atoms with Crippen molar-refractivity contribution >= 4 is 11.9 Å². The zero-order valence-electron chi connectivity index (χ0n) is 8.05. The molecule has 0 amide bonds. The van der Waals surface area contributed by atoms with Crippen molar-refractivity contribution in [1.29, 1.82) is 0 Å². The van der Waals surface area contributed by atoms with Crippen LogP contribution in [0.25, 0.3) is 0 Å². The van der Waals surface area contributed by atoms with Crippen molar-refractivity contribution in [3.05, 3.63) is 36.5 Å². The molecule has 0 spiro atoms. The second-order valence-electron chi connectivity index (χ2n) is 2.96. The summed E-state index contributed by atoms with van der Waals surface area (Å²) < 4.78 is 5.08. The first-order valence-corrected chi connectivity index (χ1v) is 4.52. The summed E-state index contributed by atoms with van der Waals surface area (Å²) in [5, 5.41) is 6.07. The zero-order chi connectivity index (χ0) is 9.80. The van der Waals surface area contributed by atoms with Crippen molar-refractivity contribution in [2.75, 3.05) is 12.1 Å². The average Bonchev–Trinajstić information content (AvgIpc) is 2.30. The largest absolute Gasteiger partial charge is 0.497 e. The van der Waals surface area contributed by atoms with Crippen LogP contribution in [0.3, 0.4) is 0 Å². The summed E-state index contributed by atoms with van der Waals surface area (Å²) in [5.74, 6) is 0.860. The molecule has 0 saturated heterocycles. The molecule has 0 atom stereocenters. The second kappa shape index (κ2) is 3.96. The molecule has 14 heavy (non-hydrogen) atoms. The van der Waals surface area contributed by atoms with E-state index in [0.29, 0.717) is 0 Å². The molecule has 1 aliphatic rings. The Morgan fingerprint density at radius 1 is 1.29 bits per heavy atom. The summed E-state index contributed by atoms with van der Waals surface area (Å²) in [6.45, 7) is 0. The molecule has 0 aliphatic carbocycles. The minimum atomic E-state index is 0.860. The van der Waals surface area contributed by atoms with Crippen molar-refractivity contribution in [2.45, 2.75) is 6.42 Å². The number of anilines is 1. The summed E-state index contributed by atoms with van der Waals surface area (Å²) in [4.78, 5) is 0. The van der Waals surface area contributed by atoms with E-state index < -0.39 is 0 Å². The second-order valence-corrected chi connectivity index (χ2v) is 2.96. The Bertz CT molecular complexity index is 342. The lowest BCUT2D eigenvalue weighted by Crippen LogP contribution is -2.09. The van der Waals surface area contributed by atoms with E-state index in [2.05, 4.69) is 11.2 Å². The molecule has 0 unspecified atom stereocenters. The van der Waals surface area contributed by atoms with Gasteiger partial charge in [-0.25, -0.2) is 5.01 Å². The van der Waals surface area contributed by atoms with Crippen molar-refractivity contribution in [1.82, 2.24) is 0 Å². The monoisotopic (exact) mass is 188 g/mol. The Morgan fingerprint density at radius 2 is 2.07 bits per heavy atom. The molecule has 1 heterocycles. The number of rotatable bonds is 2. The van der Waals surface area contributed by atoms with Crippen LogP contribution in [0, 0.1) is 0 Å². The predicted octanol–water partition coefficient (Wildman–Crippen LogP) is 2.40. The van der Waals surface area contributed by atoms with Crippen LogP contribution in [-0.4, -0.2) is 13.3 Å². The van der Waals surface area contributed by atoms with Crippen LogP contribution in [-0.2, 0) is 0 Å². The maximum absolute atomic E-state index is 5.08. The molecule has 72 valence electrons. The van der Waals surface area contributed by atoms with E-state index >= 15 is 0 Å². The molecule has 1 aromatic rings. The number of ether oxygens (including phenoxy) is 1. The Hall–Kier alpha value is -1.77. The standard InChI is InChI=1S/C11H12N2O/c1-14-11-6-4-10(5-7-11)13-9-3-2-8-12-13/h3-9H,2H2,1H3. The van der Waals surface area contributed by atoms with Crippen LogP contribution >= 0.6 is 0 Å². The minimum Gasteiger partial charge on any atom is -0.497 e. The fourth-order valence-electron chi connectivity index (χ4n) is 1.28. The first kappa shape index (κ1) is 8.81. The lowest BCUT2D eigenvalue weighted by atomic mass is 10.3. The molecule has 0 N–H and O–H groups in total. The van der Waals surface area contributed by atoms with Gasteiger partial charge in [0.05, 0.1) is 12.8 Å². The smallest absolute Gasteiger partial charge is 0.119 e. The van der Waals surface area contributed by atoms with Gasteiger partial charge < -0.3 is 4.74 Å². The Morgan fingerprint density at radius 3 is 2.64 bits per heavy atom. The van der Waals surface area contributed by atoms with E-state index in [0.717, 1.165) is 17.9 Å². The summed E-state index contributed by atoms with van der Waals surface area (Å²) in [6.07, 6.45) is 6.82. The number of methoxy groups -OCH3 is 1. The highest BCUT2D eigenvalue weighted by Crippen LogP contribution is 2.20. The average molecular weight is 188 g/mol. The summed E-state index contributed by atoms with van der Waals surface area (Å²) >= 11 is 0. The van der Waals surface area contributed by atoms with Crippen LogP contribution in [0.1, 0.15) is 6.42 Å². The zero-order valence-corrected chi connectivity index (χ0v) is 8.05. The van der Waals surface area contributed by atoms with E-state index in [-0.39, 0.29) is 0 Å². The van der Waals surface area contributed by atoms with E-state index in [1.54, 1.807) is 7.11 Å². The normalized spacial score (nSPS) is 14.5. The highest BCUT2D eigenvalue weighted by atomic mass is 16.5. The fraction of sp³-hybridized carbons (Fsp3) is 0.182. The molecule has 0 bridgehead atoms. The third-order valence-corrected chi connectivity index (χ3v) is 2.03. The van der Waals surface area contributed by atoms with Crippen LogP contribution in [0.5, 0.6) is 5.75 Å². The van der Waals surface area contributed by atoms with Gasteiger partial charge in [0, 0.05) is 18.8 Å². The third kappa shape index (κ3) is 1.76. The maximum atomic E-state index is 5.08. The number of hydrogen-bond acceptors (Lipinski definition) is 3. The Kier molecular flexibility index (Phi) is 2.49. The molecule has 3 heteroatoms. The van der Waals surface area contributed by atoms with E-state index in [1.807, 2.05) is 41.7 Å². The van der Waals surface area contributed by atoms with Gasteiger partial charge in [-0.2, -0.15) is 5.10 Å². The minimum absolute atomic E-state index is 0.860. The van der Waals surface area contributed by atoms with Crippen LogP contribution < -0.4 is 9.75 Å². The maximum Gasteiger partial charge on any atom is 0.119 e. The van der Waals surface area contributed by atoms with Crippen molar-refractivity contribution in [2.24, 2.45) is 5.10 Å². The lowest BCUT2D eigenvalue weighted by molar-refractivity contribution is 0.415. The van der Waals surface area contributed by atoms with E-state index in [9.17, 15) is 0 Å². The van der Waals surface area contributed by atoms with Crippen molar-refractivity contribution in [3.8, 4) is 5.75 Å². The molecule has 1 aliphatic heterocycles. The molecule has 1 aromatic carbocycles. The van der Waals surface area contributed by atoms with E-state index in [4.69, 9.17) is 4.74 Å². The van der Waals surface area contributed by atoms with Gasteiger partial charge in [0.25, 0.3) is 0 Å². The van der Waals surface area contributed by atoms with Gasteiger partial charge in [-0.1, -0.05) is 6.08 Å². The molecule has 3 nitrogen and oxygen atoms in total. The topological polar surface area (TPSA) is 24.8 Å². The molecule has 0 saturated carbocycles. The summed E-state index contributed by atoms with van der Waals surface area (Å²) in [5.41, 5.74) is 1.04. The number of hydrogen-bond donors (Lipinski definition) is 0. The van der Waals surface area contributed by atoms with Crippen molar-refractivity contribution < 1.29 is 4.74 Å². The number of allylic oxidation sites excluding steroid dienone is 1. The van der Waals surface area contributed by atoms with Gasteiger partial charge in [-0.05, 0) is 24.3 Å². The number of benzene rings is 1. The summed E-state index contributed by atoms with van der Waals surface area (Å²) in [7, 11) is 1.66. The lowest BCUT2D eigenvalue weighted by Gasteiger charge is -2.16. The van der Waals surface area contributed by atoms with Gasteiger partial charge in [-0.3, -0.25) is 0 Å². The van der Waals surface area contributed by atoms with Crippen LogP contribution in [0.15, 0.2) is 41.6 Å². The highest BCUT2D eigenvalue weighted by Gasteiger charge is 2.02. The predicted molar refractivity (Wildman–Crippen MR) is 57.7 cm³/mol. The first-order chi connectivity index (χ1) is 6.90. The van der Waals surface area contributed by atoms with Gasteiger partial charge in [0.2, 0.25) is 0 Å². The number of hydrazone groups is 1. The molecule has 0 radical (unpaired) electrons. The highest BCUT2D eigenvalue weighted by molar-refractivity contribution is 5.65. The summed E-state index contributed by atoms with van der Waals surface area (Å²) in [6, 6.07) is 7.80. The Balaban J connectivity index is 2.19. The fourth-order valence-corrected chi connectivity index (χ4v) is 1.28. The van der Waals surface area contributed by atoms with Crippen LogP contribution in [0.4, 0.5) is 5.69 Å². The molecule has 0 aromatic heterocycles. The van der Waals surface area contributed by atoms with Gasteiger partial charge in [0.15, 0.2) is 0 Å². The Labute approximate surface area is 83.3 Å².